The van der Waals surface area contributed by atoms with Gasteiger partial charge in [-0.15, -0.1) is 11.3 Å². The molecule has 2 aromatic heterocycles. The molecule has 1 unspecified atom stereocenters. The molecule has 0 saturated carbocycles. The number of hydrogen-bond acceptors (Lipinski definition) is 7. The maximum atomic E-state index is 12.3. The van der Waals surface area contributed by atoms with E-state index < -0.39 is 0 Å². The minimum Gasteiger partial charge on any atom is -0.368 e. The fourth-order valence-electron chi connectivity index (χ4n) is 2.83. The summed E-state index contributed by atoms with van der Waals surface area (Å²) in [4.78, 5) is 27.4. The lowest BCUT2D eigenvalue weighted by Crippen LogP contribution is -3.11. The van der Waals surface area contributed by atoms with Gasteiger partial charge in [0.1, 0.15) is 6.54 Å². The molecular formula is C20H26N7OS+. The van der Waals surface area contributed by atoms with Crippen LogP contribution in [0.4, 0.5) is 17.6 Å². The van der Waals surface area contributed by atoms with Gasteiger partial charge in [0, 0.05) is 10.6 Å². The molecule has 1 atom stereocenters. The summed E-state index contributed by atoms with van der Waals surface area (Å²) in [7, 11) is 0. The van der Waals surface area contributed by atoms with Crippen LogP contribution in [0.15, 0.2) is 41.8 Å². The Balaban J connectivity index is 1.62. The van der Waals surface area contributed by atoms with Gasteiger partial charge in [-0.1, -0.05) is 24.3 Å². The van der Waals surface area contributed by atoms with Crippen LogP contribution in [0.25, 0.3) is 0 Å². The van der Waals surface area contributed by atoms with E-state index in [1.54, 1.807) is 11.3 Å². The number of nitrogens with one attached hydrogen (secondary N) is 3. The molecule has 0 spiro atoms. The number of likely N-dealkylation sites (N-methyl/N-ethyl adjacent to an activating group) is 1. The third kappa shape index (κ3) is 6.23. The van der Waals surface area contributed by atoms with Gasteiger partial charge >= 0.3 is 0 Å². The number of amides is 1. The number of aromatic nitrogens is 3. The van der Waals surface area contributed by atoms with Gasteiger partial charge in [0.05, 0.1) is 13.1 Å². The quantitative estimate of drug-likeness (QED) is 0.422. The summed E-state index contributed by atoms with van der Waals surface area (Å²) in [6, 6.07) is 11.9. The van der Waals surface area contributed by atoms with Crippen LogP contribution in [0.1, 0.15) is 23.2 Å². The first-order chi connectivity index (χ1) is 14.0. The van der Waals surface area contributed by atoms with Crippen LogP contribution >= 0.6 is 11.3 Å². The van der Waals surface area contributed by atoms with Crippen LogP contribution < -0.4 is 21.3 Å². The topological polar surface area (TPSA) is 110 Å². The average Bonchev–Trinajstić information content (AvgIpc) is 3.21. The second-order valence-corrected chi connectivity index (χ2v) is 7.72. The average molecular weight is 413 g/mol. The molecule has 3 aromatic rings. The number of nitrogen functional groups attached to an aromatic ring is 1. The van der Waals surface area contributed by atoms with Gasteiger partial charge < -0.3 is 21.3 Å². The van der Waals surface area contributed by atoms with Crippen molar-refractivity contribution in [3.63, 3.8) is 0 Å². The predicted octanol–water partition coefficient (Wildman–Crippen LogP) is 1.29. The zero-order valence-electron chi connectivity index (χ0n) is 16.6. The highest BCUT2D eigenvalue weighted by Crippen LogP contribution is 2.17. The van der Waals surface area contributed by atoms with Crippen LogP contribution in [-0.2, 0) is 17.9 Å². The molecule has 1 amide bonds. The zero-order chi connectivity index (χ0) is 20.6. The molecule has 0 radical (unpaired) electrons. The van der Waals surface area contributed by atoms with Crippen molar-refractivity contribution >= 4 is 34.8 Å². The number of anilines is 3. The molecule has 0 aliphatic heterocycles. The van der Waals surface area contributed by atoms with E-state index in [1.165, 1.54) is 0 Å². The second kappa shape index (κ2) is 9.94. The molecular weight excluding hydrogens is 386 g/mol. The van der Waals surface area contributed by atoms with Crippen molar-refractivity contribution in [2.24, 2.45) is 0 Å². The van der Waals surface area contributed by atoms with Gasteiger partial charge in [-0.25, -0.2) is 0 Å². The third-order valence-corrected chi connectivity index (χ3v) is 5.33. The van der Waals surface area contributed by atoms with Crippen molar-refractivity contribution in [2.75, 3.05) is 24.1 Å². The Morgan fingerprint density at radius 2 is 2.00 bits per heavy atom. The number of aryl methyl sites for hydroxylation is 1. The summed E-state index contributed by atoms with van der Waals surface area (Å²) in [5.74, 6) is 1.11. The Labute approximate surface area is 174 Å². The van der Waals surface area contributed by atoms with Crippen molar-refractivity contribution in [2.45, 2.75) is 26.9 Å². The first-order valence-electron chi connectivity index (χ1n) is 9.49. The molecule has 0 aliphatic rings. The van der Waals surface area contributed by atoms with Crippen LogP contribution in [-0.4, -0.2) is 33.9 Å². The molecule has 8 nitrogen and oxygen atoms in total. The number of rotatable bonds is 9. The number of para-hydroxylation sites is 1. The van der Waals surface area contributed by atoms with E-state index in [0.29, 0.717) is 31.4 Å². The van der Waals surface area contributed by atoms with Gasteiger partial charge in [0.2, 0.25) is 11.9 Å². The normalized spacial score (nSPS) is 11.8. The number of quaternary nitrogens is 1. The number of carbonyl (C=O) groups is 1. The molecule has 9 heteroatoms. The standard InChI is InChI=1S/C20H25N7OS/c1-3-27(13-18(28)22-11-15-8-6-10-29-15)12-17-24-19(21)26-20(25-17)23-16-9-5-4-7-14(16)2/h4-10H,3,11-13H2,1-2H3,(H,22,28)(H3,21,23,24,25,26)/p+1. The summed E-state index contributed by atoms with van der Waals surface area (Å²) < 4.78 is 0. The maximum Gasteiger partial charge on any atom is 0.275 e. The van der Waals surface area contributed by atoms with E-state index >= 15 is 0 Å². The minimum absolute atomic E-state index is 0.00413. The second-order valence-electron chi connectivity index (χ2n) is 6.69. The summed E-state index contributed by atoms with van der Waals surface area (Å²) in [6.07, 6.45) is 0. The van der Waals surface area contributed by atoms with Crippen molar-refractivity contribution < 1.29 is 9.69 Å². The summed E-state index contributed by atoms with van der Waals surface area (Å²) in [5, 5.41) is 8.15. The Morgan fingerprint density at radius 1 is 1.17 bits per heavy atom. The van der Waals surface area contributed by atoms with Gasteiger partial charge in [-0.05, 0) is 36.9 Å². The predicted molar refractivity (Wildman–Crippen MR) is 115 cm³/mol. The molecule has 2 heterocycles. The van der Waals surface area contributed by atoms with Crippen molar-refractivity contribution in [3.05, 3.63) is 58.0 Å². The monoisotopic (exact) mass is 412 g/mol. The number of nitrogens with zero attached hydrogens (tertiary/aromatic N) is 3. The number of nitrogens with two attached hydrogens (primary N) is 1. The number of benzene rings is 1. The van der Waals surface area contributed by atoms with Crippen molar-refractivity contribution in [1.82, 2.24) is 20.3 Å². The molecule has 5 N–H and O–H groups in total. The number of thiophene rings is 1. The van der Waals surface area contributed by atoms with Gasteiger partial charge in [-0.3, -0.25) is 4.79 Å². The number of carbonyl (C=O) groups excluding carboxylic acids is 1. The first-order valence-corrected chi connectivity index (χ1v) is 10.4. The molecule has 0 aliphatic carbocycles. The Morgan fingerprint density at radius 3 is 2.72 bits per heavy atom. The van der Waals surface area contributed by atoms with Gasteiger partial charge in [-0.2, -0.15) is 15.0 Å². The van der Waals surface area contributed by atoms with E-state index in [-0.39, 0.29) is 11.9 Å². The third-order valence-electron chi connectivity index (χ3n) is 4.45. The van der Waals surface area contributed by atoms with Crippen LogP contribution in [0.5, 0.6) is 0 Å². The Kier molecular flexibility index (Phi) is 7.09. The fraction of sp³-hybridized carbons (Fsp3) is 0.300. The van der Waals surface area contributed by atoms with E-state index in [2.05, 4.69) is 25.6 Å². The highest BCUT2D eigenvalue weighted by molar-refractivity contribution is 7.09. The zero-order valence-corrected chi connectivity index (χ0v) is 17.4. The van der Waals surface area contributed by atoms with Crippen molar-refractivity contribution in [1.29, 1.82) is 0 Å². The van der Waals surface area contributed by atoms with E-state index in [1.807, 2.05) is 55.6 Å². The lowest BCUT2D eigenvalue weighted by atomic mass is 10.2. The van der Waals surface area contributed by atoms with E-state index in [0.717, 1.165) is 27.6 Å². The SMILES string of the molecule is CC[NH+](CC(=O)NCc1cccs1)Cc1nc(N)nc(Nc2ccccc2C)n1. The molecule has 29 heavy (non-hydrogen) atoms. The lowest BCUT2D eigenvalue weighted by molar-refractivity contribution is -0.904. The molecule has 152 valence electrons. The van der Waals surface area contributed by atoms with E-state index in [4.69, 9.17) is 5.73 Å². The van der Waals surface area contributed by atoms with Gasteiger partial charge in [0.25, 0.3) is 5.91 Å². The van der Waals surface area contributed by atoms with Crippen LogP contribution in [0, 0.1) is 6.92 Å². The highest BCUT2D eigenvalue weighted by Gasteiger charge is 2.16. The fourth-order valence-corrected chi connectivity index (χ4v) is 3.48. The first kappa shape index (κ1) is 20.7. The molecule has 0 fully saturated rings. The lowest BCUT2D eigenvalue weighted by Gasteiger charge is -2.17. The van der Waals surface area contributed by atoms with E-state index in [9.17, 15) is 4.79 Å². The molecule has 0 saturated heterocycles. The molecule has 0 bridgehead atoms. The molecule has 3 rings (SSSR count). The Hall–Kier alpha value is -3.04. The smallest absolute Gasteiger partial charge is 0.275 e. The minimum atomic E-state index is -0.00413. The maximum absolute atomic E-state index is 12.3. The van der Waals surface area contributed by atoms with Gasteiger partial charge in [0.15, 0.2) is 12.4 Å². The summed E-state index contributed by atoms with van der Waals surface area (Å²) >= 11 is 1.63. The summed E-state index contributed by atoms with van der Waals surface area (Å²) in [6.45, 7) is 6.17. The summed E-state index contributed by atoms with van der Waals surface area (Å²) in [5.41, 5.74) is 7.88. The van der Waals surface area contributed by atoms with Crippen LogP contribution in [0.3, 0.4) is 0 Å². The highest BCUT2D eigenvalue weighted by atomic mass is 32.1. The number of hydrogen-bond donors (Lipinski definition) is 4. The Bertz CT molecular complexity index is 946. The largest absolute Gasteiger partial charge is 0.368 e. The molecule has 1 aromatic carbocycles. The van der Waals surface area contributed by atoms with Crippen LogP contribution in [0.2, 0.25) is 0 Å². The van der Waals surface area contributed by atoms with Crippen molar-refractivity contribution in [3.8, 4) is 0 Å².